The van der Waals surface area contributed by atoms with Crippen molar-refractivity contribution in [3.63, 3.8) is 0 Å². The number of hydrogen-bond donors (Lipinski definition) is 1. The van der Waals surface area contributed by atoms with E-state index in [0.29, 0.717) is 11.5 Å². The maximum Gasteiger partial charge on any atom is 0.340 e. The second kappa shape index (κ2) is 7.97. The van der Waals surface area contributed by atoms with Crippen LogP contribution >= 0.6 is 0 Å². The van der Waals surface area contributed by atoms with Crippen molar-refractivity contribution in [2.75, 3.05) is 24.6 Å². The number of rotatable bonds is 5. The van der Waals surface area contributed by atoms with Gasteiger partial charge in [0, 0.05) is 19.7 Å². The van der Waals surface area contributed by atoms with E-state index in [1.54, 1.807) is 0 Å². The molecule has 0 aromatic heterocycles. The van der Waals surface area contributed by atoms with E-state index in [1.807, 2.05) is 54.6 Å². The maximum atomic E-state index is 12.5. The quantitative estimate of drug-likeness (QED) is 0.857. The summed E-state index contributed by atoms with van der Waals surface area (Å²) < 4.78 is 5.48. The SMILES string of the molecule is O=C(OCc1ccccc1)c1ccccc1N1CCC(CO)CC1. The van der Waals surface area contributed by atoms with Gasteiger partial charge in [-0.2, -0.15) is 0 Å². The summed E-state index contributed by atoms with van der Waals surface area (Å²) in [4.78, 5) is 14.7. The van der Waals surface area contributed by atoms with Crippen molar-refractivity contribution < 1.29 is 14.6 Å². The third-order valence-electron chi connectivity index (χ3n) is 4.55. The van der Waals surface area contributed by atoms with Crippen LogP contribution in [0.4, 0.5) is 5.69 Å². The van der Waals surface area contributed by atoms with Gasteiger partial charge in [-0.15, -0.1) is 0 Å². The van der Waals surface area contributed by atoms with Crippen molar-refractivity contribution in [3.05, 3.63) is 65.7 Å². The first kappa shape index (κ1) is 16.5. The number of piperidine rings is 1. The Kier molecular flexibility index (Phi) is 5.49. The summed E-state index contributed by atoms with van der Waals surface area (Å²) in [6.45, 7) is 2.23. The van der Waals surface area contributed by atoms with Gasteiger partial charge in [-0.25, -0.2) is 4.79 Å². The number of hydrogen-bond acceptors (Lipinski definition) is 4. The number of aliphatic hydroxyl groups is 1. The summed E-state index contributed by atoms with van der Waals surface area (Å²) in [7, 11) is 0. The van der Waals surface area contributed by atoms with E-state index in [1.165, 1.54) is 0 Å². The number of aliphatic hydroxyl groups excluding tert-OH is 1. The predicted molar refractivity (Wildman–Crippen MR) is 94.0 cm³/mol. The number of carbonyl (C=O) groups is 1. The summed E-state index contributed by atoms with van der Waals surface area (Å²) >= 11 is 0. The van der Waals surface area contributed by atoms with Gasteiger partial charge in [-0.1, -0.05) is 42.5 Å². The van der Waals surface area contributed by atoms with Crippen molar-refractivity contribution in [2.24, 2.45) is 5.92 Å². The molecule has 1 N–H and O–H groups in total. The molecule has 1 fully saturated rings. The van der Waals surface area contributed by atoms with Gasteiger partial charge >= 0.3 is 5.97 Å². The van der Waals surface area contributed by atoms with Gasteiger partial charge in [0.15, 0.2) is 0 Å². The highest BCUT2D eigenvalue weighted by atomic mass is 16.5. The van der Waals surface area contributed by atoms with Gasteiger partial charge in [0.05, 0.1) is 11.3 Å². The van der Waals surface area contributed by atoms with Gasteiger partial charge in [0.25, 0.3) is 0 Å². The second-order valence-electron chi connectivity index (χ2n) is 6.19. The highest BCUT2D eigenvalue weighted by molar-refractivity contribution is 5.95. The molecular formula is C20H23NO3. The lowest BCUT2D eigenvalue weighted by molar-refractivity contribution is 0.0473. The van der Waals surface area contributed by atoms with E-state index in [2.05, 4.69) is 4.90 Å². The molecule has 2 aromatic rings. The van der Waals surface area contributed by atoms with E-state index in [-0.39, 0.29) is 19.2 Å². The largest absolute Gasteiger partial charge is 0.457 e. The average Bonchev–Trinajstić information content (AvgIpc) is 2.67. The average molecular weight is 325 g/mol. The van der Waals surface area contributed by atoms with Crippen LogP contribution in [0.3, 0.4) is 0 Å². The van der Waals surface area contributed by atoms with Crippen LogP contribution in [0.25, 0.3) is 0 Å². The molecule has 1 heterocycles. The number of anilines is 1. The fourth-order valence-electron chi connectivity index (χ4n) is 3.08. The molecule has 126 valence electrons. The van der Waals surface area contributed by atoms with Crippen LogP contribution in [-0.4, -0.2) is 30.8 Å². The Bertz CT molecular complexity index is 664. The second-order valence-corrected chi connectivity index (χ2v) is 6.19. The van der Waals surface area contributed by atoms with Crippen molar-refractivity contribution in [1.29, 1.82) is 0 Å². The predicted octanol–water partition coefficient (Wildman–Crippen LogP) is 3.25. The van der Waals surface area contributed by atoms with Gasteiger partial charge in [-0.3, -0.25) is 0 Å². The summed E-state index contributed by atoms with van der Waals surface area (Å²) in [5.41, 5.74) is 2.51. The van der Waals surface area contributed by atoms with E-state index >= 15 is 0 Å². The molecule has 1 aliphatic heterocycles. The van der Waals surface area contributed by atoms with Crippen LogP contribution in [0.15, 0.2) is 54.6 Å². The lowest BCUT2D eigenvalue weighted by Crippen LogP contribution is -2.35. The van der Waals surface area contributed by atoms with Crippen molar-refractivity contribution in [1.82, 2.24) is 0 Å². The molecule has 0 bridgehead atoms. The minimum absolute atomic E-state index is 0.245. The Hall–Kier alpha value is -2.33. The normalized spacial score (nSPS) is 15.3. The summed E-state index contributed by atoms with van der Waals surface area (Å²) in [6, 6.07) is 17.3. The fraction of sp³-hybridized carbons (Fsp3) is 0.350. The van der Waals surface area contributed by atoms with E-state index in [0.717, 1.165) is 37.2 Å². The van der Waals surface area contributed by atoms with E-state index < -0.39 is 0 Å². The van der Waals surface area contributed by atoms with Crippen molar-refractivity contribution in [2.45, 2.75) is 19.4 Å². The first-order chi connectivity index (χ1) is 11.8. The molecule has 0 spiro atoms. The highest BCUT2D eigenvalue weighted by Gasteiger charge is 2.22. The van der Waals surface area contributed by atoms with Gasteiger partial charge in [0.1, 0.15) is 6.61 Å². The number of nitrogens with zero attached hydrogens (tertiary/aromatic N) is 1. The topological polar surface area (TPSA) is 49.8 Å². The molecule has 4 heteroatoms. The van der Waals surface area contributed by atoms with Crippen LogP contribution in [-0.2, 0) is 11.3 Å². The minimum atomic E-state index is -0.293. The number of ether oxygens (including phenoxy) is 1. The van der Waals surface area contributed by atoms with Crippen LogP contribution < -0.4 is 4.90 Å². The third-order valence-corrected chi connectivity index (χ3v) is 4.55. The highest BCUT2D eigenvalue weighted by Crippen LogP contribution is 2.27. The summed E-state index contributed by atoms with van der Waals surface area (Å²) in [6.07, 6.45) is 1.90. The zero-order valence-corrected chi connectivity index (χ0v) is 13.7. The maximum absolute atomic E-state index is 12.5. The number of carbonyl (C=O) groups excluding carboxylic acids is 1. The molecule has 0 atom stereocenters. The first-order valence-corrected chi connectivity index (χ1v) is 8.44. The number of para-hydroxylation sites is 1. The first-order valence-electron chi connectivity index (χ1n) is 8.44. The molecule has 4 nitrogen and oxygen atoms in total. The zero-order chi connectivity index (χ0) is 16.8. The molecule has 0 amide bonds. The van der Waals surface area contributed by atoms with Crippen LogP contribution in [0.1, 0.15) is 28.8 Å². The smallest absolute Gasteiger partial charge is 0.340 e. The van der Waals surface area contributed by atoms with E-state index in [9.17, 15) is 9.90 Å². The van der Waals surface area contributed by atoms with E-state index in [4.69, 9.17) is 4.74 Å². The molecule has 3 rings (SSSR count). The van der Waals surface area contributed by atoms with Gasteiger partial charge in [-0.05, 0) is 36.5 Å². The lowest BCUT2D eigenvalue weighted by Gasteiger charge is -2.33. The monoisotopic (exact) mass is 325 g/mol. The Morgan fingerprint density at radius 1 is 1.04 bits per heavy atom. The third kappa shape index (κ3) is 3.95. The summed E-state index contributed by atoms with van der Waals surface area (Å²) in [5, 5.41) is 9.28. The number of esters is 1. The molecule has 2 aromatic carbocycles. The van der Waals surface area contributed by atoms with Crippen molar-refractivity contribution >= 4 is 11.7 Å². The standard InChI is InChI=1S/C20H23NO3/c22-14-16-10-12-21(13-11-16)19-9-5-4-8-18(19)20(23)24-15-17-6-2-1-3-7-17/h1-9,16,22H,10-15H2. The Morgan fingerprint density at radius 3 is 2.42 bits per heavy atom. The number of benzene rings is 2. The van der Waals surface area contributed by atoms with Gasteiger partial charge in [0.2, 0.25) is 0 Å². The van der Waals surface area contributed by atoms with Crippen LogP contribution in [0, 0.1) is 5.92 Å². The molecule has 0 aliphatic carbocycles. The summed E-state index contributed by atoms with van der Waals surface area (Å²) in [5.74, 6) is 0.0807. The zero-order valence-electron chi connectivity index (χ0n) is 13.7. The fourth-order valence-corrected chi connectivity index (χ4v) is 3.08. The van der Waals surface area contributed by atoms with Gasteiger partial charge < -0.3 is 14.7 Å². The molecule has 0 unspecified atom stereocenters. The molecule has 0 radical (unpaired) electrons. The molecule has 1 aliphatic rings. The Morgan fingerprint density at radius 2 is 1.71 bits per heavy atom. The molecule has 1 saturated heterocycles. The van der Waals surface area contributed by atoms with Crippen LogP contribution in [0.5, 0.6) is 0 Å². The Labute approximate surface area is 142 Å². The molecule has 0 saturated carbocycles. The minimum Gasteiger partial charge on any atom is -0.457 e. The van der Waals surface area contributed by atoms with Crippen molar-refractivity contribution in [3.8, 4) is 0 Å². The molecule has 24 heavy (non-hydrogen) atoms. The lowest BCUT2D eigenvalue weighted by atomic mass is 9.97. The van der Waals surface area contributed by atoms with Crippen LogP contribution in [0.2, 0.25) is 0 Å². The Balaban J connectivity index is 1.68. The molecular weight excluding hydrogens is 302 g/mol.